The van der Waals surface area contributed by atoms with Gasteiger partial charge < -0.3 is 10.6 Å². The summed E-state index contributed by atoms with van der Waals surface area (Å²) in [7, 11) is 0. The first-order valence-corrected chi connectivity index (χ1v) is 7.59. The minimum absolute atomic E-state index is 0.150. The molecule has 2 N–H and O–H groups in total. The van der Waals surface area contributed by atoms with Crippen LogP contribution >= 0.6 is 11.8 Å². The number of hydrogen-bond acceptors (Lipinski definition) is 3. The Labute approximate surface area is 113 Å². The number of anilines is 1. The summed E-state index contributed by atoms with van der Waals surface area (Å²) in [4.78, 5) is 13.6. The summed E-state index contributed by atoms with van der Waals surface area (Å²) in [5, 5.41) is 6.39. The molecule has 1 amide bonds. The maximum absolute atomic E-state index is 12.5. The Bertz CT molecular complexity index is 428. The maximum Gasteiger partial charge on any atom is 0.231 e. The van der Waals surface area contributed by atoms with Gasteiger partial charge in [0.05, 0.1) is 11.1 Å². The van der Waals surface area contributed by atoms with E-state index < -0.39 is 0 Å². The van der Waals surface area contributed by atoms with Crippen LogP contribution < -0.4 is 10.6 Å². The highest BCUT2D eigenvalue weighted by Gasteiger charge is 2.39. The number of hydrogen-bond donors (Lipinski definition) is 2. The summed E-state index contributed by atoms with van der Waals surface area (Å²) in [6.07, 6.45) is 3.84. The summed E-state index contributed by atoms with van der Waals surface area (Å²) in [5.41, 5.74) is 0.695. The Hall–Kier alpha value is -1.00. The van der Waals surface area contributed by atoms with Crippen LogP contribution in [0.15, 0.2) is 29.2 Å². The van der Waals surface area contributed by atoms with Gasteiger partial charge in [0.25, 0.3) is 0 Å². The Morgan fingerprint density at radius 1 is 1.50 bits per heavy atom. The van der Waals surface area contributed by atoms with E-state index in [2.05, 4.69) is 17.6 Å². The number of benzene rings is 1. The van der Waals surface area contributed by atoms with Crippen LogP contribution in [-0.4, -0.2) is 25.3 Å². The van der Waals surface area contributed by atoms with Crippen molar-refractivity contribution in [2.45, 2.75) is 24.7 Å². The fraction of sp³-hybridized carbons (Fsp3) is 0.500. The van der Waals surface area contributed by atoms with Gasteiger partial charge in [0.2, 0.25) is 5.91 Å². The monoisotopic (exact) mass is 264 g/mol. The Morgan fingerprint density at radius 2 is 2.28 bits per heavy atom. The molecule has 98 valence electrons. The molecule has 0 spiro atoms. The molecule has 4 heteroatoms. The van der Waals surface area contributed by atoms with Crippen LogP contribution in [0.1, 0.15) is 19.8 Å². The van der Waals surface area contributed by atoms with E-state index in [0.717, 1.165) is 36.5 Å². The summed E-state index contributed by atoms with van der Waals surface area (Å²) in [6, 6.07) is 7.95. The normalized spacial score (nSPS) is 23.0. The zero-order chi connectivity index (χ0) is 13.0. The summed E-state index contributed by atoms with van der Waals surface area (Å²) in [6.45, 7) is 3.81. The molecular weight excluding hydrogens is 244 g/mol. The summed E-state index contributed by atoms with van der Waals surface area (Å²) < 4.78 is 0. The third-order valence-electron chi connectivity index (χ3n) is 3.76. The lowest BCUT2D eigenvalue weighted by Crippen LogP contribution is -2.37. The third-order valence-corrected chi connectivity index (χ3v) is 4.55. The lowest BCUT2D eigenvalue weighted by atomic mass is 9.83. The molecule has 3 nitrogen and oxygen atoms in total. The zero-order valence-corrected chi connectivity index (χ0v) is 11.8. The standard InChI is InChI=1S/C14H20N2OS/c1-3-14(8-9-15-10-14)13(17)16-11-6-4-5-7-12(11)18-2/h4-7,15H,3,8-10H2,1-2H3,(H,16,17). The van der Waals surface area contributed by atoms with E-state index in [4.69, 9.17) is 0 Å². The number of carbonyl (C=O) groups is 1. The van der Waals surface area contributed by atoms with Crippen molar-refractivity contribution in [3.8, 4) is 0 Å². The molecule has 1 aliphatic rings. The van der Waals surface area contributed by atoms with Crippen molar-refractivity contribution >= 4 is 23.4 Å². The van der Waals surface area contributed by atoms with Gasteiger partial charge in [0, 0.05) is 11.4 Å². The van der Waals surface area contributed by atoms with E-state index in [1.54, 1.807) is 11.8 Å². The van der Waals surface area contributed by atoms with Gasteiger partial charge >= 0.3 is 0 Å². The van der Waals surface area contributed by atoms with Gasteiger partial charge in [-0.3, -0.25) is 4.79 Å². The van der Waals surface area contributed by atoms with E-state index in [-0.39, 0.29) is 11.3 Å². The molecule has 0 saturated carbocycles. The van der Waals surface area contributed by atoms with E-state index in [1.165, 1.54) is 0 Å². The molecule has 1 aliphatic heterocycles. The molecule has 0 bridgehead atoms. The molecule has 1 unspecified atom stereocenters. The molecule has 18 heavy (non-hydrogen) atoms. The first-order chi connectivity index (χ1) is 8.72. The molecule has 1 saturated heterocycles. The predicted octanol–water partition coefficient (Wildman–Crippen LogP) is 2.74. The number of nitrogens with one attached hydrogen (secondary N) is 2. The van der Waals surface area contributed by atoms with Crippen molar-refractivity contribution in [1.29, 1.82) is 0 Å². The maximum atomic E-state index is 12.5. The quantitative estimate of drug-likeness (QED) is 0.822. The van der Waals surface area contributed by atoms with Gasteiger partial charge in [0.15, 0.2) is 0 Å². The minimum atomic E-state index is -0.231. The molecule has 1 fully saturated rings. The van der Waals surface area contributed by atoms with Crippen LogP contribution in [-0.2, 0) is 4.79 Å². The highest BCUT2D eigenvalue weighted by molar-refractivity contribution is 7.98. The van der Waals surface area contributed by atoms with Crippen molar-refractivity contribution < 1.29 is 4.79 Å². The molecule has 0 radical (unpaired) electrons. The van der Waals surface area contributed by atoms with Crippen LogP contribution in [0.2, 0.25) is 0 Å². The van der Waals surface area contributed by atoms with E-state index in [1.807, 2.05) is 30.5 Å². The topological polar surface area (TPSA) is 41.1 Å². The predicted molar refractivity (Wildman–Crippen MR) is 77.1 cm³/mol. The smallest absolute Gasteiger partial charge is 0.231 e. The molecule has 1 atom stereocenters. The highest BCUT2D eigenvalue weighted by Crippen LogP contribution is 2.32. The first kappa shape index (κ1) is 13.4. The number of thioether (sulfide) groups is 1. The molecule has 0 aromatic heterocycles. The number of amides is 1. The van der Waals surface area contributed by atoms with E-state index >= 15 is 0 Å². The molecular formula is C14H20N2OS. The minimum Gasteiger partial charge on any atom is -0.325 e. The second kappa shape index (κ2) is 5.76. The van der Waals surface area contributed by atoms with Gasteiger partial charge in [-0.15, -0.1) is 11.8 Å². The lowest BCUT2D eigenvalue weighted by molar-refractivity contribution is -0.124. The van der Waals surface area contributed by atoms with Crippen LogP contribution in [0.4, 0.5) is 5.69 Å². The van der Waals surface area contributed by atoms with Gasteiger partial charge in [-0.25, -0.2) is 0 Å². The molecule has 1 aromatic carbocycles. The Balaban J connectivity index is 2.15. The second-order valence-corrected chi connectivity index (χ2v) is 5.56. The van der Waals surface area contributed by atoms with E-state index in [9.17, 15) is 4.79 Å². The van der Waals surface area contributed by atoms with Crippen LogP contribution in [0.25, 0.3) is 0 Å². The van der Waals surface area contributed by atoms with Crippen LogP contribution in [0.5, 0.6) is 0 Å². The number of rotatable bonds is 4. The van der Waals surface area contributed by atoms with Gasteiger partial charge in [-0.2, -0.15) is 0 Å². The zero-order valence-electron chi connectivity index (χ0n) is 11.0. The highest BCUT2D eigenvalue weighted by atomic mass is 32.2. The SMILES string of the molecule is CCC1(C(=O)Nc2ccccc2SC)CCNC1. The molecule has 1 heterocycles. The fourth-order valence-electron chi connectivity index (χ4n) is 2.40. The van der Waals surface area contributed by atoms with Gasteiger partial charge in [-0.1, -0.05) is 19.1 Å². The second-order valence-electron chi connectivity index (χ2n) is 4.72. The molecule has 2 rings (SSSR count). The first-order valence-electron chi connectivity index (χ1n) is 6.37. The van der Waals surface area contributed by atoms with Gasteiger partial charge in [0.1, 0.15) is 0 Å². The van der Waals surface area contributed by atoms with Crippen LogP contribution in [0.3, 0.4) is 0 Å². The summed E-state index contributed by atoms with van der Waals surface area (Å²) in [5.74, 6) is 0.150. The van der Waals surface area contributed by atoms with Crippen molar-refractivity contribution in [3.05, 3.63) is 24.3 Å². The Kier molecular flexibility index (Phi) is 4.30. The Morgan fingerprint density at radius 3 is 2.89 bits per heavy atom. The van der Waals surface area contributed by atoms with Crippen molar-refractivity contribution in [2.75, 3.05) is 24.7 Å². The third kappa shape index (κ3) is 2.54. The van der Waals surface area contributed by atoms with Gasteiger partial charge in [-0.05, 0) is 37.8 Å². The van der Waals surface area contributed by atoms with E-state index in [0.29, 0.717) is 0 Å². The number of para-hydroxylation sites is 1. The summed E-state index contributed by atoms with van der Waals surface area (Å²) >= 11 is 1.66. The van der Waals surface area contributed by atoms with Crippen molar-refractivity contribution in [1.82, 2.24) is 5.32 Å². The lowest BCUT2D eigenvalue weighted by Gasteiger charge is -2.25. The fourth-order valence-corrected chi connectivity index (χ4v) is 2.96. The number of carbonyl (C=O) groups excluding carboxylic acids is 1. The van der Waals surface area contributed by atoms with Crippen LogP contribution in [0, 0.1) is 5.41 Å². The van der Waals surface area contributed by atoms with Crippen molar-refractivity contribution in [2.24, 2.45) is 5.41 Å². The average molecular weight is 264 g/mol. The average Bonchev–Trinajstić information content (AvgIpc) is 2.89. The van der Waals surface area contributed by atoms with Crippen molar-refractivity contribution in [3.63, 3.8) is 0 Å². The molecule has 1 aromatic rings. The largest absolute Gasteiger partial charge is 0.325 e. The molecule has 0 aliphatic carbocycles.